The van der Waals surface area contributed by atoms with Crippen molar-refractivity contribution in [2.75, 3.05) is 20.0 Å². The molecular weight excluding hydrogens is 296 g/mol. The minimum Gasteiger partial charge on any atom is -0.385 e. The molecule has 7 heteroatoms. The van der Waals surface area contributed by atoms with Gasteiger partial charge in [-0.15, -0.1) is 0 Å². The number of benzene rings is 1. The van der Waals surface area contributed by atoms with Crippen LogP contribution in [-0.2, 0) is 14.6 Å². The van der Waals surface area contributed by atoms with Crippen LogP contribution >= 0.6 is 12.2 Å². The number of sulfone groups is 1. The summed E-state index contributed by atoms with van der Waals surface area (Å²) < 4.78 is 31.2. The molecule has 0 saturated heterocycles. The maximum atomic E-state index is 11.8. The SMILES string of the molecule is COCCC(C)n1c(=S)[nH]c2c(S(C)(=O)=O)cccc21. The Morgan fingerprint density at radius 2 is 2.15 bits per heavy atom. The number of fused-ring (bicyclic) bond motifs is 1. The molecule has 1 unspecified atom stereocenters. The van der Waals surface area contributed by atoms with Gasteiger partial charge in [0.1, 0.15) is 0 Å². The third-order valence-electron chi connectivity index (χ3n) is 3.29. The third kappa shape index (κ3) is 2.79. The zero-order valence-electron chi connectivity index (χ0n) is 11.7. The summed E-state index contributed by atoms with van der Waals surface area (Å²) in [6, 6.07) is 5.33. The van der Waals surface area contributed by atoms with Crippen LogP contribution in [0.3, 0.4) is 0 Å². The molecule has 0 aliphatic rings. The molecule has 0 aliphatic carbocycles. The van der Waals surface area contributed by atoms with Crippen molar-refractivity contribution in [3.8, 4) is 0 Å². The van der Waals surface area contributed by atoms with Gasteiger partial charge in [0.2, 0.25) is 0 Å². The van der Waals surface area contributed by atoms with E-state index in [1.807, 2.05) is 17.6 Å². The maximum absolute atomic E-state index is 11.8. The van der Waals surface area contributed by atoms with Crippen molar-refractivity contribution in [2.24, 2.45) is 0 Å². The van der Waals surface area contributed by atoms with Crippen LogP contribution in [0.2, 0.25) is 0 Å². The molecule has 0 fully saturated rings. The van der Waals surface area contributed by atoms with E-state index in [1.54, 1.807) is 19.2 Å². The Morgan fingerprint density at radius 3 is 2.75 bits per heavy atom. The first kappa shape index (κ1) is 15.2. The van der Waals surface area contributed by atoms with Gasteiger partial charge in [0.05, 0.1) is 15.9 Å². The van der Waals surface area contributed by atoms with Crippen molar-refractivity contribution in [3.05, 3.63) is 23.0 Å². The molecular formula is C13H18N2O3S2. The van der Waals surface area contributed by atoms with Gasteiger partial charge in [0.25, 0.3) is 0 Å². The predicted octanol–water partition coefficient (Wildman–Crippen LogP) is 2.70. The topological polar surface area (TPSA) is 64.1 Å². The fourth-order valence-electron chi connectivity index (χ4n) is 2.29. The van der Waals surface area contributed by atoms with Crippen molar-refractivity contribution in [1.82, 2.24) is 9.55 Å². The van der Waals surface area contributed by atoms with Crippen LogP contribution in [0.15, 0.2) is 23.1 Å². The van der Waals surface area contributed by atoms with E-state index in [-0.39, 0.29) is 10.9 Å². The molecule has 20 heavy (non-hydrogen) atoms. The molecule has 2 rings (SSSR count). The average molecular weight is 314 g/mol. The van der Waals surface area contributed by atoms with E-state index < -0.39 is 9.84 Å². The van der Waals surface area contributed by atoms with Crippen LogP contribution in [0.5, 0.6) is 0 Å². The molecule has 110 valence electrons. The minimum absolute atomic E-state index is 0.131. The zero-order chi connectivity index (χ0) is 14.9. The molecule has 1 aromatic carbocycles. The highest BCUT2D eigenvalue weighted by atomic mass is 32.2. The number of nitrogens with zero attached hydrogens (tertiary/aromatic N) is 1. The van der Waals surface area contributed by atoms with Crippen LogP contribution in [0, 0.1) is 4.77 Å². The van der Waals surface area contributed by atoms with Crippen molar-refractivity contribution in [1.29, 1.82) is 0 Å². The number of rotatable bonds is 5. The highest BCUT2D eigenvalue weighted by Gasteiger charge is 2.17. The van der Waals surface area contributed by atoms with E-state index in [4.69, 9.17) is 17.0 Å². The largest absolute Gasteiger partial charge is 0.385 e. The molecule has 5 nitrogen and oxygen atoms in total. The Labute approximate surface area is 123 Å². The van der Waals surface area contributed by atoms with Gasteiger partial charge in [-0.25, -0.2) is 8.42 Å². The molecule has 0 spiro atoms. The van der Waals surface area contributed by atoms with Gasteiger partial charge in [-0.3, -0.25) is 0 Å². The highest BCUT2D eigenvalue weighted by Crippen LogP contribution is 2.26. The molecule has 1 heterocycles. The van der Waals surface area contributed by atoms with Crippen molar-refractivity contribution in [2.45, 2.75) is 24.3 Å². The van der Waals surface area contributed by atoms with Gasteiger partial charge in [-0.2, -0.15) is 0 Å². The van der Waals surface area contributed by atoms with Crippen LogP contribution in [0.1, 0.15) is 19.4 Å². The Morgan fingerprint density at radius 1 is 1.45 bits per heavy atom. The molecule has 0 bridgehead atoms. The lowest BCUT2D eigenvalue weighted by Crippen LogP contribution is -2.08. The standard InChI is InChI=1S/C13H18N2O3S2/c1-9(7-8-18-2)15-10-5-4-6-11(20(3,16)17)12(10)14-13(15)19/h4-6,9H,7-8H2,1-3H3,(H,14,19). The zero-order valence-corrected chi connectivity index (χ0v) is 13.3. The summed E-state index contributed by atoms with van der Waals surface area (Å²) in [5.74, 6) is 0. The van der Waals surface area contributed by atoms with Gasteiger partial charge in [0, 0.05) is 26.0 Å². The number of nitrogens with one attached hydrogen (secondary N) is 1. The molecule has 0 saturated carbocycles. The van der Waals surface area contributed by atoms with Crippen molar-refractivity contribution in [3.63, 3.8) is 0 Å². The molecule has 1 N–H and O–H groups in total. The summed E-state index contributed by atoms with van der Waals surface area (Å²) in [5.41, 5.74) is 1.38. The molecule has 0 amide bonds. The number of para-hydroxylation sites is 1. The summed E-state index contributed by atoms with van der Waals surface area (Å²) >= 11 is 5.33. The van der Waals surface area contributed by atoms with Crippen molar-refractivity contribution < 1.29 is 13.2 Å². The fraction of sp³-hybridized carbons (Fsp3) is 0.462. The second-order valence-corrected chi connectivity index (χ2v) is 7.22. The number of ether oxygens (including phenoxy) is 1. The van der Waals surface area contributed by atoms with E-state index >= 15 is 0 Å². The summed E-state index contributed by atoms with van der Waals surface area (Å²) in [4.78, 5) is 3.29. The Kier molecular flexibility index (Phi) is 4.31. The van der Waals surface area contributed by atoms with E-state index in [2.05, 4.69) is 4.98 Å². The number of aromatic nitrogens is 2. The second-order valence-electron chi connectivity index (χ2n) is 4.85. The fourth-order valence-corrected chi connectivity index (χ4v) is 3.52. The number of imidazole rings is 1. The van der Waals surface area contributed by atoms with E-state index in [9.17, 15) is 8.42 Å². The number of methoxy groups -OCH3 is 1. The van der Waals surface area contributed by atoms with E-state index in [0.29, 0.717) is 16.9 Å². The highest BCUT2D eigenvalue weighted by molar-refractivity contribution is 7.91. The van der Waals surface area contributed by atoms with Gasteiger partial charge in [-0.1, -0.05) is 6.07 Å². The quantitative estimate of drug-likeness (QED) is 0.862. The number of aromatic amines is 1. The summed E-state index contributed by atoms with van der Waals surface area (Å²) in [6.07, 6.45) is 2.01. The Bertz CT molecular complexity index is 775. The number of hydrogen-bond donors (Lipinski definition) is 1. The van der Waals surface area contributed by atoms with E-state index in [1.165, 1.54) is 6.26 Å². The lowest BCUT2D eigenvalue weighted by molar-refractivity contribution is 0.181. The van der Waals surface area contributed by atoms with Crippen LogP contribution < -0.4 is 0 Å². The second kappa shape index (κ2) is 5.67. The number of H-pyrrole nitrogens is 1. The van der Waals surface area contributed by atoms with E-state index in [0.717, 1.165) is 11.9 Å². The predicted molar refractivity (Wildman–Crippen MR) is 81.4 cm³/mol. The van der Waals surface area contributed by atoms with Gasteiger partial charge in [-0.05, 0) is 37.7 Å². The molecule has 2 aromatic rings. The summed E-state index contributed by atoms with van der Waals surface area (Å²) in [7, 11) is -1.64. The minimum atomic E-state index is -3.29. The first-order chi connectivity index (χ1) is 9.36. The van der Waals surface area contributed by atoms with Crippen molar-refractivity contribution >= 4 is 33.1 Å². The van der Waals surface area contributed by atoms with Gasteiger partial charge >= 0.3 is 0 Å². The lowest BCUT2D eigenvalue weighted by atomic mass is 10.2. The third-order valence-corrected chi connectivity index (χ3v) is 4.73. The van der Waals surface area contributed by atoms with Crippen LogP contribution in [-0.4, -0.2) is 37.9 Å². The van der Waals surface area contributed by atoms with Gasteiger partial charge < -0.3 is 14.3 Å². The molecule has 1 atom stereocenters. The number of hydrogen-bond acceptors (Lipinski definition) is 4. The molecule has 1 aromatic heterocycles. The van der Waals surface area contributed by atoms with Crippen LogP contribution in [0.25, 0.3) is 11.0 Å². The first-order valence-electron chi connectivity index (χ1n) is 6.28. The molecule has 0 aliphatic heterocycles. The smallest absolute Gasteiger partial charge is 0.178 e. The van der Waals surface area contributed by atoms with Crippen LogP contribution in [0.4, 0.5) is 0 Å². The Balaban J connectivity index is 2.64. The molecule has 0 radical (unpaired) electrons. The first-order valence-corrected chi connectivity index (χ1v) is 8.58. The summed E-state index contributed by atoms with van der Waals surface area (Å²) in [6.45, 7) is 2.66. The lowest BCUT2D eigenvalue weighted by Gasteiger charge is -2.14. The summed E-state index contributed by atoms with van der Waals surface area (Å²) in [5, 5.41) is 0. The van der Waals surface area contributed by atoms with Gasteiger partial charge in [0.15, 0.2) is 14.6 Å². The average Bonchev–Trinajstić information content (AvgIpc) is 2.70. The Hall–Kier alpha value is -1.18. The normalized spacial score (nSPS) is 13.8. The maximum Gasteiger partial charge on any atom is 0.178 e. The monoisotopic (exact) mass is 314 g/mol.